The number of unbranched alkanes of at least 4 members (excludes halogenated alkanes) is 1. The minimum Gasteiger partial charge on any atom is -0.493 e. The molecule has 0 fully saturated rings. The number of ether oxygens (including phenoxy) is 2. The maximum atomic E-state index is 12.7. The number of nitrogens with zero attached hydrogens (tertiary/aromatic N) is 3. The molecule has 9 heteroatoms. The third-order valence-corrected chi connectivity index (χ3v) is 6.28. The van der Waals surface area contributed by atoms with E-state index in [1.807, 2.05) is 30.3 Å². The maximum absolute atomic E-state index is 12.7. The Morgan fingerprint density at radius 1 is 1.24 bits per heavy atom. The van der Waals surface area contributed by atoms with Crippen LogP contribution in [0.15, 0.2) is 58.1 Å². The number of benzene rings is 2. The van der Waals surface area contributed by atoms with Crippen molar-refractivity contribution in [1.82, 2.24) is 5.01 Å². The molecule has 7 nitrogen and oxygen atoms in total. The van der Waals surface area contributed by atoms with E-state index in [9.17, 15) is 4.79 Å². The molecule has 0 atom stereocenters. The predicted octanol–water partition coefficient (Wildman–Crippen LogP) is 5.74. The Labute approximate surface area is 201 Å². The number of fused-ring (bicyclic) bond motifs is 1. The summed E-state index contributed by atoms with van der Waals surface area (Å²) in [6.07, 6.45) is 4.41. The van der Waals surface area contributed by atoms with Crippen LogP contribution < -0.4 is 9.47 Å². The Morgan fingerprint density at radius 2 is 2.03 bits per heavy atom. The number of hydrogen-bond donors (Lipinski definition) is 1. The zero-order valence-electron chi connectivity index (χ0n) is 18.3. The minimum absolute atomic E-state index is 0.0107. The third-order valence-electron chi connectivity index (χ3n) is 5.03. The van der Waals surface area contributed by atoms with Crippen LogP contribution in [0.2, 0.25) is 5.02 Å². The van der Waals surface area contributed by atoms with E-state index in [4.69, 9.17) is 26.5 Å². The molecular weight excluding hydrogens is 460 g/mol. The molecule has 1 amide bonds. The van der Waals surface area contributed by atoms with Crippen LogP contribution in [0.4, 0.5) is 0 Å². The summed E-state index contributed by atoms with van der Waals surface area (Å²) in [4.78, 5) is 16.8. The van der Waals surface area contributed by atoms with Crippen molar-refractivity contribution in [2.75, 3.05) is 7.11 Å². The van der Waals surface area contributed by atoms with Gasteiger partial charge in [-0.2, -0.15) is 15.1 Å². The van der Waals surface area contributed by atoms with Crippen molar-refractivity contribution in [3.05, 3.63) is 64.2 Å². The lowest BCUT2D eigenvalue weighted by atomic mass is 10.1. The number of amidine groups is 2. The molecular formula is C24H23ClN4O3S. The molecule has 33 heavy (non-hydrogen) atoms. The molecule has 0 bridgehead atoms. The Balaban J connectivity index is 1.58. The van der Waals surface area contributed by atoms with Crippen LogP contribution in [-0.4, -0.2) is 34.1 Å². The van der Waals surface area contributed by atoms with Crippen LogP contribution in [0.1, 0.15) is 37.3 Å². The van der Waals surface area contributed by atoms with Crippen molar-refractivity contribution in [2.45, 2.75) is 32.8 Å². The molecule has 0 spiro atoms. The molecule has 1 N–H and O–H groups in total. The quantitative estimate of drug-likeness (QED) is 0.485. The van der Waals surface area contributed by atoms with E-state index in [2.05, 4.69) is 17.0 Å². The van der Waals surface area contributed by atoms with Crippen LogP contribution >= 0.6 is 23.4 Å². The van der Waals surface area contributed by atoms with Gasteiger partial charge in [0.1, 0.15) is 11.7 Å². The number of aliphatic imine (C=N–C) groups is 1. The van der Waals surface area contributed by atoms with Crippen LogP contribution in [0.5, 0.6) is 11.5 Å². The van der Waals surface area contributed by atoms with Gasteiger partial charge >= 0.3 is 0 Å². The summed E-state index contributed by atoms with van der Waals surface area (Å²) < 4.78 is 11.4. The van der Waals surface area contributed by atoms with Crippen molar-refractivity contribution < 1.29 is 14.3 Å². The summed E-state index contributed by atoms with van der Waals surface area (Å²) in [6.45, 7) is 2.44. The van der Waals surface area contributed by atoms with Crippen molar-refractivity contribution in [3.8, 4) is 11.5 Å². The number of halogens is 1. The molecule has 2 aromatic rings. The molecule has 2 aliphatic heterocycles. The maximum Gasteiger partial charge on any atom is 0.283 e. The molecule has 0 radical (unpaired) electrons. The van der Waals surface area contributed by atoms with Gasteiger partial charge in [-0.1, -0.05) is 55.3 Å². The average molecular weight is 483 g/mol. The lowest BCUT2D eigenvalue weighted by molar-refractivity contribution is -0.114. The van der Waals surface area contributed by atoms with Crippen LogP contribution in [0.25, 0.3) is 6.08 Å². The monoisotopic (exact) mass is 482 g/mol. The van der Waals surface area contributed by atoms with Gasteiger partial charge in [-0.25, -0.2) is 0 Å². The fraction of sp³-hybridized carbons (Fsp3) is 0.250. The van der Waals surface area contributed by atoms with Gasteiger partial charge in [0.15, 0.2) is 17.3 Å². The smallest absolute Gasteiger partial charge is 0.283 e. The van der Waals surface area contributed by atoms with Gasteiger partial charge in [-0.3, -0.25) is 10.2 Å². The van der Waals surface area contributed by atoms with E-state index in [0.717, 1.165) is 29.9 Å². The van der Waals surface area contributed by atoms with Crippen LogP contribution in [0.3, 0.4) is 0 Å². The van der Waals surface area contributed by atoms with E-state index in [0.29, 0.717) is 33.9 Å². The third kappa shape index (κ3) is 5.12. The SMILES string of the molecule is CCCCC1=NN2C(=N)/C(=C\c3cc(Cl)c(OCc4ccccc4)c(OC)c3)C(=O)N=C2S1. The molecule has 2 aromatic carbocycles. The fourth-order valence-corrected chi connectivity index (χ4v) is 4.52. The second kappa shape index (κ2) is 10.2. The Kier molecular flexibility index (Phi) is 7.15. The fourth-order valence-electron chi connectivity index (χ4n) is 3.32. The number of rotatable bonds is 8. The molecule has 0 aromatic heterocycles. The lowest BCUT2D eigenvalue weighted by Crippen LogP contribution is -2.35. The number of methoxy groups -OCH3 is 1. The first-order valence-electron chi connectivity index (χ1n) is 10.5. The number of hydrazone groups is 1. The first-order chi connectivity index (χ1) is 16.0. The normalized spacial score (nSPS) is 16.6. The van der Waals surface area contributed by atoms with Crippen molar-refractivity contribution in [2.24, 2.45) is 10.1 Å². The van der Waals surface area contributed by atoms with Gasteiger partial charge in [-0.15, -0.1) is 0 Å². The summed E-state index contributed by atoms with van der Waals surface area (Å²) in [5.41, 5.74) is 1.73. The Hall–Kier alpha value is -3.10. The highest BCUT2D eigenvalue weighted by molar-refractivity contribution is 8.26. The number of carbonyl (C=O) groups excluding carboxylic acids is 1. The molecule has 0 aliphatic carbocycles. The standard InChI is InChI=1S/C24H23ClN4O3S/c1-3-4-10-20-28-29-22(26)17(23(30)27-24(29)33-20)11-16-12-18(25)21(19(13-16)31-2)32-14-15-8-6-5-7-9-15/h5-9,11-13,26H,3-4,10,14H2,1-2H3/b17-11+,26-22?. The lowest BCUT2D eigenvalue weighted by Gasteiger charge is -2.20. The highest BCUT2D eigenvalue weighted by atomic mass is 35.5. The van der Waals surface area contributed by atoms with Crippen molar-refractivity contribution >= 4 is 51.4 Å². The number of thioether (sulfide) groups is 1. The van der Waals surface area contributed by atoms with E-state index < -0.39 is 5.91 Å². The zero-order valence-corrected chi connectivity index (χ0v) is 19.9. The number of nitrogens with one attached hydrogen (secondary N) is 1. The van der Waals surface area contributed by atoms with Crippen molar-refractivity contribution in [3.63, 3.8) is 0 Å². The van der Waals surface area contributed by atoms with E-state index in [1.54, 1.807) is 18.2 Å². The number of carbonyl (C=O) groups is 1. The molecule has 170 valence electrons. The summed E-state index contributed by atoms with van der Waals surface area (Å²) in [6, 6.07) is 13.1. The first-order valence-corrected chi connectivity index (χ1v) is 11.7. The molecule has 2 heterocycles. The molecule has 0 unspecified atom stereocenters. The van der Waals surface area contributed by atoms with Gasteiger partial charge in [0, 0.05) is 0 Å². The van der Waals surface area contributed by atoms with Gasteiger partial charge in [0.05, 0.1) is 17.7 Å². The number of hydrogen-bond acceptors (Lipinski definition) is 6. The highest BCUT2D eigenvalue weighted by Gasteiger charge is 2.35. The molecule has 0 saturated carbocycles. The Morgan fingerprint density at radius 3 is 2.76 bits per heavy atom. The second-order valence-electron chi connectivity index (χ2n) is 7.43. The van der Waals surface area contributed by atoms with Crippen molar-refractivity contribution in [1.29, 1.82) is 5.41 Å². The molecule has 0 saturated heterocycles. The summed E-state index contributed by atoms with van der Waals surface area (Å²) in [5.74, 6) is 0.353. The molecule has 2 aliphatic rings. The summed E-state index contributed by atoms with van der Waals surface area (Å²) >= 11 is 7.83. The summed E-state index contributed by atoms with van der Waals surface area (Å²) in [7, 11) is 1.52. The first kappa shape index (κ1) is 23.1. The summed E-state index contributed by atoms with van der Waals surface area (Å²) in [5, 5.41) is 16.0. The highest BCUT2D eigenvalue weighted by Crippen LogP contribution is 2.38. The molecule has 4 rings (SSSR count). The second-order valence-corrected chi connectivity index (χ2v) is 8.87. The largest absolute Gasteiger partial charge is 0.493 e. The zero-order chi connectivity index (χ0) is 23.4. The van der Waals surface area contributed by atoms with Gasteiger partial charge in [-0.05, 0) is 53.9 Å². The average Bonchev–Trinajstić information content (AvgIpc) is 3.23. The van der Waals surface area contributed by atoms with Crippen LogP contribution in [-0.2, 0) is 11.4 Å². The predicted molar refractivity (Wildman–Crippen MR) is 133 cm³/mol. The van der Waals surface area contributed by atoms with Gasteiger partial charge < -0.3 is 9.47 Å². The van der Waals surface area contributed by atoms with E-state index in [1.165, 1.54) is 23.9 Å². The van der Waals surface area contributed by atoms with E-state index >= 15 is 0 Å². The van der Waals surface area contributed by atoms with Crippen LogP contribution in [0, 0.1) is 5.41 Å². The van der Waals surface area contributed by atoms with Gasteiger partial charge in [0.2, 0.25) is 5.17 Å². The Bertz CT molecular complexity index is 1180. The van der Waals surface area contributed by atoms with Gasteiger partial charge in [0.25, 0.3) is 5.91 Å². The number of amides is 1. The van der Waals surface area contributed by atoms with E-state index in [-0.39, 0.29) is 11.4 Å². The minimum atomic E-state index is -0.481. The topological polar surface area (TPSA) is 87.3 Å².